The van der Waals surface area contributed by atoms with Crippen molar-refractivity contribution in [2.24, 2.45) is 10.2 Å². The third-order valence-electron chi connectivity index (χ3n) is 0.886. The SMILES string of the molecule is CC(C)OC(=O)N=NC(=O)OC(C)C.N.N.O=C(O)O. The van der Waals surface area contributed by atoms with Crippen LogP contribution in [0.3, 0.4) is 0 Å². The summed E-state index contributed by atoms with van der Waals surface area (Å²) in [4.78, 5) is 30.1. The summed E-state index contributed by atoms with van der Waals surface area (Å²) in [6, 6.07) is 0. The third kappa shape index (κ3) is 29.6. The number of carboxylic acid groups (broad SMARTS) is 2. The molecule has 20 heavy (non-hydrogen) atoms. The first kappa shape index (κ1) is 26.3. The maximum absolute atomic E-state index is 10.8. The summed E-state index contributed by atoms with van der Waals surface area (Å²) in [5, 5.41) is 20.0. The lowest BCUT2D eigenvalue weighted by Gasteiger charge is -2.03. The summed E-state index contributed by atoms with van der Waals surface area (Å²) in [7, 11) is 0. The lowest BCUT2D eigenvalue weighted by atomic mass is 10.5. The van der Waals surface area contributed by atoms with Gasteiger partial charge in [0, 0.05) is 0 Å². The Morgan fingerprint density at radius 3 is 1.15 bits per heavy atom. The number of carbonyl (C=O) groups excluding carboxylic acids is 2. The van der Waals surface area contributed by atoms with E-state index in [4.69, 9.17) is 15.0 Å². The first-order valence-corrected chi connectivity index (χ1v) is 4.90. The first-order chi connectivity index (χ1) is 8.15. The highest BCUT2D eigenvalue weighted by Crippen LogP contribution is 1.96. The Morgan fingerprint density at radius 2 is 1.00 bits per heavy atom. The topological polar surface area (TPSA) is 205 Å². The molecule has 8 N–H and O–H groups in total. The Kier molecular flexibility index (Phi) is 19.5. The number of amides is 2. The van der Waals surface area contributed by atoms with Crippen molar-refractivity contribution < 1.29 is 34.1 Å². The fourth-order valence-corrected chi connectivity index (χ4v) is 0.532. The van der Waals surface area contributed by atoms with E-state index in [1.165, 1.54) is 0 Å². The highest BCUT2D eigenvalue weighted by Gasteiger charge is 2.06. The average molecular weight is 298 g/mol. The molecule has 0 radical (unpaired) electrons. The second-order valence-electron chi connectivity index (χ2n) is 3.35. The molecule has 0 saturated heterocycles. The van der Waals surface area contributed by atoms with E-state index in [-0.39, 0.29) is 24.5 Å². The molecule has 0 aromatic rings. The van der Waals surface area contributed by atoms with Gasteiger partial charge in [-0.2, -0.15) is 0 Å². The smallest absolute Gasteiger partial charge is 0.450 e. The molecule has 0 unspecified atom stereocenters. The van der Waals surface area contributed by atoms with Crippen molar-refractivity contribution in [2.45, 2.75) is 39.9 Å². The van der Waals surface area contributed by atoms with Crippen LogP contribution in [0.25, 0.3) is 0 Å². The number of ether oxygens (including phenoxy) is 2. The van der Waals surface area contributed by atoms with Gasteiger partial charge in [0.25, 0.3) is 0 Å². The van der Waals surface area contributed by atoms with Gasteiger partial charge in [-0.3, -0.25) is 0 Å². The molecule has 2 amide bonds. The van der Waals surface area contributed by atoms with Crippen LogP contribution in [0.2, 0.25) is 0 Å². The standard InChI is InChI=1S/C8H14N2O4.CH2O3.2H3N/c1-5(2)13-7(11)9-10-8(12)14-6(3)4;2-1(3)4;;/h5-6H,1-4H3;(H2,2,3,4);2*1H3. The molecular formula is C9H22N4O7. The van der Waals surface area contributed by atoms with Gasteiger partial charge in [-0.1, -0.05) is 10.2 Å². The molecule has 0 heterocycles. The molecule has 0 rings (SSSR count). The van der Waals surface area contributed by atoms with Crippen molar-refractivity contribution in [1.82, 2.24) is 12.3 Å². The number of hydrogen-bond donors (Lipinski definition) is 4. The van der Waals surface area contributed by atoms with Gasteiger partial charge in [-0.25, -0.2) is 14.4 Å². The van der Waals surface area contributed by atoms with Crippen molar-refractivity contribution >= 4 is 18.3 Å². The summed E-state index contributed by atoms with van der Waals surface area (Å²) >= 11 is 0. The van der Waals surface area contributed by atoms with E-state index in [1.807, 2.05) is 0 Å². The number of azo groups is 1. The largest absolute Gasteiger partial charge is 0.503 e. The highest BCUT2D eigenvalue weighted by molar-refractivity contribution is 5.73. The molecule has 11 heteroatoms. The maximum Gasteiger partial charge on any atom is 0.503 e. The third-order valence-corrected chi connectivity index (χ3v) is 0.886. The molecule has 0 bridgehead atoms. The van der Waals surface area contributed by atoms with Crippen LogP contribution in [0.5, 0.6) is 0 Å². The molecule has 0 fully saturated rings. The Hall–Kier alpha value is -2.27. The van der Waals surface area contributed by atoms with Crippen LogP contribution in [0, 0.1) is 0 Å². The molecule has 0 aliphatic heterocycles. The lowest BCUT2D eigenvalue weighted by molar-refractivity contribution is 0.115. The van der Waals surface area contributed by atoms with E-state index in [2.05, 4.69) is 19.7 Å². The second kappa shape index (κ2) is 14.8. The summed E-state index contributed by atoms with van der Waals surface area (Å²) in [5.41, 5.74) is 0. The summed E-state index contributed by atoms with van der Waals surface area (Å²) < 4.78 is 9.20. The van der Waals surface area contributed by atoms with Gasteiger partial charge in [-0.15, -0.1) is 0 Å². The van der Waals surface area contributed by atoms with Gasteiger partial charge < -0.3 is 32.0 Å². The van der Waals surface area contributed by atoms with Crippen LogP contribution in [-0.2, 0) is 9.47 Å². The van der Waals surface area contributed by atoms with Gasteiger partial charge in [0.05, 0.1) is 12.2 Å². The fourth-order valence-electron chi connectivity index (χ4n) is 0.532. The molecule has 0 atom stereocenters. The molecular weight excluding hydrogens is 276 g/mol. The number of rotatable bonds is 2. The van der Waals surface area contributed by atoms with Crippen molar-refractivity contribution in [3.05, 3.63) is 0 Å². The summed E-state index contributed by atoms with van der Waals surface area (Å²) in [5.74, 6) is 0. The van der Waals surface area contributed by atoms with E-state index in [9.17, 15) is 9.59 Å². The zero-order chi connectivity index (χ0) is 14.7. The Labute approximate surface area is 116 Å². The van der Waals surface area contributed by atoms with Crippen LogP contribution in [-0.4, -0.2) is 40.8 Å². The van der Waals surface area contributed by atoms with Crippen LogP contribution in [0.1, 0.15) is 27.7 Å². The molecule has 0 saturated carbocycles. The Morgan fingerprint density at radius 1 is 0.800 bits per heavy atom. The van der Waals surface area contributed by atoms with Crippen molar-refractivity contribution in [3.63, 3.8) is 0 Å². The molecule has 0 aliphatic rings. The summed E-state index contributed by atoms with van der Waals surface area (Å²) in [6.07, 6.45) is -4.22. The first-order valence-electron chi connectivity index (χ1n) is 4.90. The van der Waals surface area contributed by atoms with E-state index in [0.29, 0.717) is 0 Å². The molecule has 120 valence electrons. The second-order valence-corrected chi connectivity index (χ2v) is 3.35. The minimum Gasteiger partial charge on any atom is -0.450 e. The van der Waals surface area contributed by atoms with Gasteiger partial charge in [0.15, 0.2) is 0 Å². The minimum absolute atomic E-state index is 0. The Balaban J connectivity index is -0.000000188. The molecule has 0 aliphatic carbocycles. The number of hydrogen-bond acceptors (Lipinski definition) is 7. The molecule has 11 nitrogen and oxygen atoms in total. The summed E-state index contributed by atoms with van der Waals surface area (Å²) in [6.45, 7) is 6.67. The van der Waals surface area contributed by atoms with Crippen molar-refractivity contribution in [1.29, 1.82) is 0 Å². The molecule has 0 spiro atoms. The lowest BCUT2D eigenvalue weighted by Crippen LogP contribution is -2.09. The van der Waals surface area contributed by atoms with E-state index in [1.54, 1.807) is 27.7 Å². The maximum atomic E-state index is 10.8. The average Bonchev–Trinajstić information content (AvgIpc) is 2.11. The zero-order valence-corrected chi connectivity index (χ0v) is 11.9. The minimum atomic E-state index is -1.83. The van der Waals surface area contributed by atoms with E-state index >= 15 is 0 Å². The van der Waals surface area contributed by atoms with Crippen LogP contribution >= 0.6 is 0 Å². The number of carbonyl (C=O) groups is 3. The predicted octanol–water partition coefficient (Wildman–Crippen LogP) is 3.07. The monoisotopic (exact) mass is 298 g/mol. The predicted molar refractivity (Wildman–Crippen MR) is 68.8 cm³/mol. The van der Waals surface area contributed by atoms with Crippen LogP contribution in [0.15, 0.2) is 10.2 Å². The Bertz CT molecular complexity index is 289. The zero-order valence-electron chi connectivity index (χ0n) is 11.9. The van der Waals surface area contributed by atoms with Crippen molar-refractivity contribution in [2.75, 3.05) is 0 Å². The van der Waals surface area contributed by atoms with Crippen LogP contribution in [0.4, 0.5) is 14.4 Å². The van der Waals surface area contributed by atoms with Crippen molar-refractivity contribution in [3.8, 4) is 0 Å². The quantitative estimate of drug-likeness (QED) is 0.551. The van der Waals surface area contributed by atoms with E-state index in [0.717, 1.165) is 0 Å². The van der Waals surface area contributed by atoms with Crippen LogP contribution < -0.4 is 12.3 Å². The molecule has 0 aromatic carbocycles. The van der Waals surface area contributed by atoms with Gasteiger partial charge in [0.1, 0.15) is 0 Å². The highest BCUT2D eigenvalue weighted by atomic mass is 16.6. The van der Waals surface area contributed by atoms with Gasteiger partial charge in [0.2, 0.25) is 0 Å². The van der Waals surface area contributed by atoms with Gasteiger partial charge >= 0.3 is 18.3 Å². The number of nitrogens with zero attached hydrogens (tertiary/aromatic N) is 2. The normalized spacial score (nSPS) is 8.90. The fraction of sp³-hybridized carbons (Fsp3) is 0.667. The molecule has 0 aromatic heterocycles. The van der Waals surface area contributed by atoms with E-state index < -0.39 is 18.3 Å². The van der Waals surface area contributed by atoms with Gasteiger partial charge in [-0.05, 0) is 27.7 Å².